The summed E-state index contributed by atoms with van der Waals surface area (Å²) in [6, 6.07) is 6.64. The van der Waals surface area contributed by atoms with Crippen LogP contribution in [-0.2, 0) is 0 Å². The predicted molar refractivity (Wildman–Crippen MR) is 72.9 cm³/mol. The van der Waals surface area contributed by atoms with Crippen molar-refractivity contribution in [2.45, 2.75) is 13.0 Å². The van der Waals surface area contributed by atoms with Crippen LogP contribution in [-0.4, -0.2) is 37.6 Å². The van der Waals surface area contributed by atoms with Gasteiger partial charge in [-0.15, -0.1) is 0 Å². The number of nitrogens with zero attached hydrogens (tertiary/aromatic N) is 2. The Balaban J connectivity index is 2.23. The maximum atomic E-state index is 6.06. The molecule has 2 rings (SSSR count). The molecule has 0 spiro atoms. The minimum Gasteiger partial charge on any atom is -0.397 e. The molecule has 0 aromatic heterocycles. The van der Waals surface area contributed by atoms with Gasteiger partial charge >= 0.3 is 0 Å². The van der Waals surface area contributed by atoms with E-state index in [1.54, 1.807) is 0 Å². The Morgan fingerprint density at radius 3 is 2.75 bits per heavy atom. The van der Waals surface area contributed by atoms with Gasteiger partial charge in [0.25, 0.3) is 0 Å². The lowest BCUT2D eigenvalue weighted by molar-refractivity contribution is 0.276. The summed E-state index contributed by atoms with van der Waals surface area (Å²) in [5.41, 5.74) is 8.07. The molecule has 1 aliphatic heterocycles. The summed E-state index contributed by atoms with van der Waals surface area (Å²) in [6.45, 7) is 5.48. The molecule has 0 radical (unpaired) electrons. The lowest BCUT2D eigenvalue weighted by Gasteiger charge is -2.40. The SMILES string of the molecule is CC1CN(C)CCN1c1ccc(Br)cc1N. The van der Waals surface area contributed by atoms with Crippen molar-refractivity contribution in [2.75, 3.05) is 37.3 Å². The molecule has 1 atom stereocenters. The minimum atomic E-state index is 0.516. The molecule has 1 aromatic rings. The van der Waals surface area contributed by atoms with Crippen molar-refractivity contribution >= 4 is 27.3 Å². The molecule has 3 nitrogen and oxygen atoms in total. The highest BCUT2D eigenvalue weighted by Crippen LogP contribution is 2.29. The standard InChI is InChI=1S/C12H18BrN3/c1-9-8-15(2)5-6-16(9)12-4-3-10(13)7-11(12)14/h3-4,7,9H,5-6,8,14H2,1-2H3. The third-order valence-corrected chi connectivity index (χ3v) is 3.62. The summed E-state index contributed by atoms with van der Waals surface area (Å²) in [4.78, 5) is 4.75. The molecule has 0 amide bonds. The summed E-state index contributed by atoms with van der Waals surface area (Å²) in [7, 11) is 2.17. The van der Waals surface area contributed by atoms with Crippen molar-refractivity contribution in [3.05, 3.63) is 22.7 Å². The fraction of sp³-hybridized carbons (Fsp3) is 0.500. The minimum absolute atomic E-state index is 0.516. The van der Waals surface area contributed by atoms with Crippen molar-refractivity contribution in [3.8, 4) is 0 Å². The smallest absolute Gasteiger partial charge is 0.0604 e. The van der Waals surface area contributed by atoms with Crippen LogP contribution in [0.1, 0.15) is 6.92 Å². The Hall–Kier alpha value is -0.740. The second-order valence-electron chi connectivity index (χ2n) is 4.51. The molecule has 4 heteroatoms. The van der Waals surface area contributed by atoms with Crippen LogP contribution in [0.3, 0.4) is 0 Å². The van der Waals surface area contributed by atoms with Crippen LogP contribution in [0.5, 0.6) is 0 Å². The average molecular weight is 284 g/mol. The van der Waals surface area contributed by atoms with Crippen LogP contribution in [0.4, 0.5) is 11.4 Å². The van der Waals surface area contributed by atoms with Gasteiger partial charge in [0.05, 0.1) is 11.4 Å². The van der Waals surface area contributed by atoms with E-state index < -0.39 is 0 Å². The fourth-order valence-corrected chi connectivity index (χ4v) is 2.66. The molecule has 1 aromatic carbocycles. The second-order valence-corrected chi connectivity index (χ2v) is 5.42. The highest BCUT2D eigenvalue weighted by molar-refractivity contribution is 9.10. The van der Waals surface area contributed by atoms with E-state index in [9.17, 15) is 0 Å². The molecule has 16 heavy (non-hydrogen) atoms. The molecule has 0 bridgehead atoms. The number of likely N-dealkylation sites (N-methyl/N-ethyl adjacent to an activating group) is 1. The Bertz CT molecular complexity index is 381. The zero-order valence-electron chi connectivity index (χ0n) is 9.78. The summed E-state index contributed by atoms with van der Waals surface area (Å²) in [5.74, 6) is 0. The van der Waals surface area contributed by atoms with Gasteiger partial charge in [-0.2, -0.15) is 0 Å². The van der Waals surface area contributed by atoms with Crippen LogP contribution in [0.2, 0.25) is 0 Å². The molecule has 0 aliphatic carbocycles. The highest BCUT2D eigenvalue weighted by Gasteiger charge is 2.22. The molecular weight excluding hydrogens is 266 g/mol. The first-order valence-electron chi connectivity index (χ1n) is 5.58. The zero-order valence-corrected chi connectivity index (χ0v) is 11.4. The number of halogens is 1. The van der Waals surface area contributed by atoms with E-state index in [0.717, 1.165) is 35.5 Å². The molecule has 2 N–H and O–H groups in total. The lowest BCUT2D eigenvalue weighted by atomic mass is 10.1. The number of rotatable bonds is 1. The number of benzene rings is 1. The van der Waals surface area contributed by atoms with Crippen LogP contribution < -0.4 is 10.6 Å². The van der Waals surface area contributed by atoms with Crippen LogP contribution in [0.15, 0.2) is 22.7 Å². The summed E-state index contributed by atoms with van der Waals surface area (Å²) in [6.07, 6.45) is 0. The number of nitrogens with two attached hydrogens (primary N) is 1. The molecule has 1 fully saturated rings. The second kappa shape index (κ2) is 4.63. The zero-order chi connectivity index (χ0) is 11.7. The van der Waals surface area contributed by atoms with Crippen molar-refractivity contribution in [3.63, 3.8) is 0 Å². The van der Waals surface area contributed by atoms with Crippen molar-refractivity contribution in [1.82, 2.24) is 4.90 Å². The predicted octanol–water partition coefficient (Wildman–Crippen LogP) is 2.17. The Kier molecular flexibility index (Phi) is 3.40. The summed E-state index contributed by atoms with van der Waals surface area (Å²) >= 11 is 3.44. The number of anilines is 2. The number of piperazine rings is 1. The van der Waals surface area contributed by atoms with Gasteiger partial charge in [0.1, 0.15) is 0 Å². The number of hydrogen-bond acceptors (Lipinski definition) is 3. The van der Waals surface area contributed by atoms with Gasteiger partial charge in [-0.3, -0.25) is 0 Å². The van der Waals surface area contributed by atoms with Gasteiger partial charge in [-0.05, 0) is 32.2 Å². The maximum absolute atomic E-state index is 6.06. The van der Waals surface area contributed by atoms with Crippen molar-refractivity contribution < 1.29 is 0 Å². The van der Waals surface area contributed by atoms with E-state index in [0.29, 0.717) is 6.04 Å². The van der Waals surface area contributed by atoms with E-state index in [1.807, 2.05) is 6.07 Å². The van der Waals surface area contributed by atoms with Crippen LogP contribution >= 0.6 is 15.9 Å². The van der Waals surface area contributed by atoms with Crippen molar-refractivity contribution in [1.29, 1.82) is 0 Å². The molecule has 1 heterocycles. The van der Waals surface area contributed by atoms with Gasteiger partial charge in [-0.25, -0.2) is 0 Å². The Morgan fingerprint density at radius 2 is 2.12 bits per heavy atom. The molecule has 88 valence electrons. The topological polar surface area (TPSA) is 32.5 Å². The monoisotopic (exact) mass is 283 g/mol. The van der Waals surface area contributed by atoms with Gasteiger partial charge in [0, 0.05) is 30.1 Å². The first-order valence-corrected chi connectivity index (χ1v) is 6.37. The van der Waals surface area contributed by atoms with Gasteiger partial charge < -0.3 is 15.5 Å². The molecule has 0 saturated carbocycles. The van der Waals surface area contributed by atoms with Gasteiger partial charge in [0.15, 0.2) is 0 Å². The first kappa shape index (κ1) is 11.7. The van der Waals surface area contributed by atoms with E-state index >= 15 is 0 Å². The molecule has 1 unspecified atom stereocenters. The van der Waals surface area contributed by atoms with Gasteiger partial charge in [0.2, 0.25) is 0 Å². The number of hydrogen-bond donors (Lipinski definition) is 1. The first-order chi connectivity index (χ1) is 7.58. The largest absolute Gasteiger partial charge is 0.397 e. The Labute approximate surface area is 105 Å². The third kappa shape index (κ3) is 2.33. The normalized spacial score (nSPS) is 22.4. The van der Waals surface area contributed by atoms with E-state index in [2.05, 4.69) is 51.8 Å². The fourth-order valence-electron chi connectivity index (χ4n) is 2.28. The molecule has 1 saturated heterocycles. The summed E-state index contributed by atoms with van der Waals surface area (Å²) in [5, 5.41) is 0. The van der Waals surface area contributed by atoms with Crippen LogP contribution in [0, 0.1) is 0 Å². The third-order valence-electron chi connectivity index (χ3n) is 3.13. The van der Waals surface area contributed by atoms with Crippen molar-refractivity contribution in [2.24, 2.45) is 0 Å². The van der Waals surface area contributed by atoms with E-state index in [1.165, 1.54) is 0 Å². The summed E-state index contributed by atoms with van der Waals surface area (Å²) < 4.78 is 1.04. The van der Waals surface area contributed by atoms with E-state index in [4.69, 9.17) is 5.73 Å². The Morgan fingerprint density at radius 1 is 1.38 bits per heavy atom. The quantitative estimate of drug-likeness (QED) is 0.802. The van der Waals surface area contributed by atoms with E-state index in [-0.39, 0.29) is 0 Å². The number of nitrogen functional groups attached to an aromatic ring is 1. The lowest BCUT2D eigenvalue weighted by Crippen LogP contribution is -2.50. The average Bonchev–Trinajstić information content (AvgIpc) is 2.19. The maximum Gasteiger partial charge on any atom is 0.0604 e. The highest BCUT2D eigenvalue weighted by atomic mass is 79.9. The molecule has 1 aliphatic rings. The van der Waals surface area contributed by atoms with Crippen LogP contribution in [0.25, 0.3) is 0 Å². The van der Waals surface area contributed by atoms with Gasteiger partial charge in [-0.1, -0.05) is 15.9 Å². The molecular formula is C12H18BrN3.